The molecule has 0 radical (unpaired) electrons. The van der Waals surface area contributed by atoms with Crippen LogP contribution >= 0.6 is 0 Å². The summed E-state index contributed by atoms with van der Waals surface area (Å²) >= 11 is 0. The molecule has 1 aliphatic heterocycles. The lowest BCUT2D eigenvalue weighted by atomic mass is 9.67. The Kier molecular flexibility index (Phi) is 6.34. The quantitative estimate of drug-likeness (QED) is 0.560. The predicted octanol–water partition coefficient (Wildman–Crippen LogP) is 2.46. The van der Waals surface area contributed by atoms with Gasteiger partial charge in [-0.25, -0.2) is 0 Å². The minimum atomic E-state index is 0.540. The van der Waals surface area contributed by atoms with E-state index in [1.165, 1.54) is 58.2 Å². The number of hydrogen-bond donors (Lipinski definition) is 2. The summed E-state index contributed by atoms with van der Waals surface area (Å²) in [6, 6.07) is 0. The molecule has 2 N–H and O–H groups in total. The zero-order chi connectivity index (χ0) is 15.1. The van der Waals surface area contributed by atoms with Gasteiger partial charge in [0.2, 0.25) is 0 Å². The number of nitrogens with zero attached hydrogens (tertiary/aromatic N) is 2. The number of hydrogen-bond acceptors (Lipinski definition) is 2. The Bertz CT molecular complexity index is 324. The highest BCUT2D eigenvalue weighted by Gasteiger charge is 2.34. The molecule has 4 nitrogen and oxygen atoms in total. The summed E-state index contributed by atoms with van der Waals surface area (Å²) in [6.45, 7) is 10.5. The van der Waals surface area contributed by atoms with Gasteiger partial charge in [0.15, 0.2) is 5.96 Å². The highest BCUT2D eigenvalue weighted by atomic mass is 15.2. The normalized spacial score (nSPS) is 23.7. The molecule has 0 bridgehead atoms. The van der Waals surface area contributed by atoms with Gasteiger partial charge in [-0.1, -0.05) is 20.3 Å². The average Bonchev–Trinajstić information content (AvgIpc) is 2.94. The molecule has 0 spiro atoms. The minimum Gasteiger partial charge on any atom is -0.356 e. The number of likely N-dealkylation sites (tertiary alicyclic amines) is 1. The maximum Gasteiger partial charge on any atom is 0.191 e. The fourth-order valence-corrected chi connectivity index (χ4v) is 3.57. The predicted molar refractivity (Wildman–Crippen MR) is 90.8 cm³/mol. The lowest BCUT2D eigenvalue weighted by molar-refractivity contribution is 0.131. The topological polar surface area (TPSA) is 39.7 Å². The van der Waals surface area contributed by atoms with Crippen LogP contribution in [-0.4, -0.2) is 50.6 Å². The third-order valence-electron chi connectivity index (χ3n) is 5.41. The Labute approximate surface area is 130 Å². The molecule has 0 aromatic carbocycles. The van der Waals surface area contributed by atoms with Gasteiger partial charge < -0.3 is 15.5 Å². The first-order valence-corrected chi connectivity index (χ1v) is 8.84. The summed E-state index contributed by atoms with van der Waals surface area (Å²) in [5.41, 5.74) is 0.540. The van der Waals surface area contributed by atoms with Crippen molar-refractivity contribution in [3.8, 4) is 0 Å². The summed E-state index contributed by atoms with van der Waals surface area (Å²) in [4.78, 5) is 6.95. The number of aliphatic imine (C=N–C) groups is 1. The van der Waals surface area contributed by atoms with Gasteiger partial charge in [-0.05, 0) is 56.5 Å². The number of guanidine groups is 1. The van der Waals surface area contributed by atoms with E-state index in [-0.39, 0.29) is 0 Å². The van der Waals surface area contributed by atoms with Crippen LogP contribution in [0.3, 0.4) is 0 Å². The standard InChI is InChI=1S/C17H34N4/c1-4-17(8-7-9-17)14-20-16(18-3)19-12-15(2)13-21-10-5-6-11-21/h15H,4-14H2,1-3H3,(H2,18,19,20). The Morgan fingerprint density at radius 3 is 2.43 bits per heavy atom. The van der Waals surface area contributed by atoms with Crippen molar-refractivity contribution in [3.05, 3.63) is 0 Å². The molecule has 2 rings (SSSR count). The van der Waals surface area contributed by atoms with Gasteiger partial charge >= 0.3 is 0 Å². The Morgan fingerprint density at radius 1 is 1.19 bits per heavy atom. The second kappa shape index (κ2) is 8.02. The molecular weight excluding hydrogens is 260 g/mol. The SMILES string of the molecule is CCC1(CNC(=NC)NCC(C)CN2CCCC2)CCC1. The molecule has 1 saturated carbocycles. The van der Waals surface area contributed by atoms with Crippen molar-refractivity contribution in [2.24, 2.45) is 16.3 Å². The molecule has 1 saturated heterocycles. The molecule has 1 aliphatic carbocycles. The Hall–Kier alpha value is -0.770. The van der Waals surface area contributed by atoms with Gasteiger partial charge in [0.1, 0.15) is 0 Å². The third-order valence-corrected chi connectivity index (χ3v) is 5.41. The van der Waals surface area contributed by atoms with Gasteiger partial charge in [-0.3, -0.25) is 4.99 Å². The molecule has 2 fully saturated rings. The molecule has 1 unspecified atom stereocenters. The molecule has 2 aliphatic rings. The zero-order valence-electron chi connectivity index (χ0n) is 14.2. The van der Waals surface area contributed by atoms with Crippen molar-refractivity contribution in [1.82, 2.24) is 15.5 Å². The van der Waals surface area contributed by atoms with Gasteiger partial charge in [0.25, 0.3) is 0 Å². The van der Waals surface area contributed by atoms with Crippen LogP contribution in [-0.2, 0) is 0 Å². The van der Waals surface area contributed by atoms with Crippen LogP contribution in [0.15, 0.2) is 4.99 Å². The summed E-state index contributed by atoms with van der Waals surface area (Å²) in [7, 11) is 1.87. The Balaban J connectivity index is 1.65. The van der Waals surface area contributed by atoms with Gasteiger partial charge in [-0.15, -0.1) is 0 Å². The second-order valence-electron chi connectivity index (χ2n) is 7.13. The lowest BCUT2D eigenvalue weighted by Crippen LogP contribution is -2.47. The van der Waals surface area contributed by atoms with Crippen molar-refractivity contribution in [2.45, 2.75) is 52.4 Å². The van der Waals surface area contributed by atoms with Gasteiger partial charge in [-0.2, -0.15) is 0 Å². The van der Waals surface area contributed by atoms with Crippen LogP contribution in [0.5, 0.6) is 0 Å². The number of rotatable bonds is 7. The average molecular weight is 294 g/mol. The monoisotopic (exact) mass is 294 g/mol. The summed E-state index contributed by atoms with van der Waals surface area (Å²) in [5, 5.41) is 7.04. The summed E-state index contributed by atoms with van der Waals surface area (Å²) in [5.74, 6) is 1.65. The zero-order valence-corrected chi connectivity index (χ0v) is 14.2. The highest BCUT2D eigenvalue weighted by Crippen LogP contribution is 2.42. The van der Waals surface area contributed by atoms with E-state index in [0.29, 0.717) is 11.3 Å². The molecule has 0 aromatic rings. The second-order valence-corrected chi connectivity index (χ2v) is 7.13. The van der Waals surface area contributed by atoms with E-state index >= 15 is 0 Å². The third kappa shape index (κ3) is 4.87. The van der Waals surface area contributed by atoms with Crippen molar-refractivity contribution >= 4 is 5.96 Å². The fraction of sp³-hybridized carbons (Fsp3) is 0.941. The van der Waals surface area contributed by atoms with E-state index in [9.17, 15) is 0 Å². The lowest BCUT2D eigenvalue weighted by Gasteiger charge is -2.41. The van der Waals surface area contributed by atoms with E-state index in [2.05, 4.69) is 34.4 Å². The van der Waals surface area contributed by atoms with Crippen molar-refractivity contribution in [1.29, 1.82) is 0 Å². The van der Waals surface area contributed by atoms with E-state index in [1.54, 1.807) is 0 Å². The van der Waals surface area contributed by atoms with Gasteiger partial charge in [0.05, 0.1) is 0 Å². The summed E-state index contributed by atoms with van der Waals surface area (Å²) in [6.07, 6.45) is 8.18. The maximum absolute atomic E-state index is 4.37. The van der Waals surface area contributed by atoms with E-state index < -0.39 is 0 Å². The van der Waals surface area contributed by atoms with Crippen LogP contribution in [0.1, 0.15) is 52.4 Å². The molecule has 0 aromatic heterocycles. The van der Waals surface area contributed by atoms with Crippen molar-refractivity contribution in [2.75, 3.05) is 39.8 Å². The fourth-order valence-electron chi connectivity index (χ4n) is 3.57. The van der Waals surface area contributed by atoms with E-state index in [4.69, 9.17) is 0 Å². The molecule has 0 amide bonds. The molecule has 21 heavy (non-hydrogen) atoms. The molecule has 4 heteroatoms. The van der Waals surface area contributed by atoms with E-state index in [0.717, 1.165) is 19.0 Å². The largest absolute Gasteiger partial charge is 0.356 e. The molecule has 122 valence electrons. The van der Waals surface area contributed by atoms with Crippen LogP contribution in [0, 0.1) is 11.3 Å². The molecular formula is C17H34N4. The van der Waals surface area contributed by atoms with Crippen LogP contribution in [0.4, 0.5) is 0 Å². The molecule has 1 atom stereocenters. The number of nitrogens with one attached hydrogen (secondary N) is 2. The van der Waals surface area contributed by atoms with Crippen LogP contribution in [0.2, 0.25) is 0 Å². The van der Waals surface area contributed by atoms with Gasteiger partial charge in [0, 0.05) is 26.7 Å². The maximum atomic E-state index is 4.37. The first kappa shape index (κ1) is 16.6. The molecule has 1 heterocycles. The smallest absolute Gasteiger partial charge is 0.191 e. The minimum absolute atomic E-state index is 0.540. The Morgan fingerprint density at radius 2 is 1.90 bits per heavy atom. The summed E-state index contributed by atoms with van der Waals surface area (Å²) < 4.78 is 0. The first-order valence-electron chi connectivity index (χ1n) is 8.84. The van der Waals surface area contributed by atoms with E-state index in [1.807, 2.05) is 7.05 Å². The first-order chi connectivity index (χ1) is 10.2. The van der Waals surface area contributed by atoms with Crippen molar-refractivity contribution in [3.63, 3.8) is 0 Å². The van der Waals surface area contributed by atoms with Crippen LogP contribution in [0.25, 0.3) is 0 Å². The van der Waals surface area contributed by atoms with Crippen molar-refractivity contribution < 1.29 is 0 Å². The highest BCUT2D eigenvalue weighted by molar-refractivity contribution is 5.79. The van der Waals surface area contributed by atoms with Crippen LogP contribution < -0.4 is 10.6 Å².